The summed E-state index contributed by atoms with van der Waals surface area (Å²) in [7, 11) is 0. The van der Waals surface area contributed by atoms with E-state index < -0.39 is 0 Å². The third-order valence-corrected chi connectivity index (χ3v) is 4.23. The molecule has 2 saturated heterocycles. The fourth-order valence-electron chi connectivity index (χ4n) is 2.92. The van der Waals surface area contributed by atoms with Crippen molar-refractivity contribution in [3.05, 3.63) is 0 Å². The van der Waals surface area contributed by atoms with E-state index in [0.29, 0.717) is 18.4 Å². The molecule has 18 heavy (non-hydrogen) atoms. The lowest BCUT2D eigenvalue weighted by atomic mass is 10.1. The molecule has 0 aromatic rings. The highest BCUT2D eigenvalue weighted by Gasteiger charge is 2.20. The Hall–Kier alpha value is -0.610. The first-order chi connectivity index (χ1) is 8.75. The van der Waals surface area contributed by atoms with Gasteiger partial charge in [-0.25, -0.2) is 0 Å². The molecule has 2 N–H and O–H groups in total. The topological polar surface area (TPSA) is 49.6 Å². The van der Waals surface area contributed by atoms with Crippen LogP contribution >= 0.6 is 0 Å². The molecule has 2 aliphatic rings. The summed E-state index contributed by atoms with van der Waals surface area (Å²) in [4.78, 5) is 16.6. The standard InChI is InChI=1S/C14H27N3O/c15-13-5-11-17(12-6-13)14(18)7-10-16-8-3-1-2-4-9-16/h13H,1-12,15H2. The highest BCUT2D eigenvalue weighted by Crippen LogP contribution is 2.12. The monoisotopic (exact) mass is 253 g/mol. The first-order valence-electron chi connectivity index (χ1n) is 7.51. The highest BCUT2D eigenvalue weighted by atomic mass is 16.2. The van der Waals surface area contributed by atoms with Crippen LogP contribution in [0.4, 0.5) is 0 Å². The van der Waals surface area contributed by atoms with Gasteiger partial charge in [-0.3, -0.25) is 4.79 Å². The molecule has 4 nitrogen and oxygen atoms in total. The summed E-state index contributed by atoms with van der Waals surface area (Å²) in [5, 5.41) is 0. The van der Waals surface area contributed by atoms with E-state index in [1.807, 2.05) is 4.90 Å². The Bertz CT molecular complexity index is 254. The maximum Gasteiger partial charge on any atom is 0.223 e. The maximum atomic E-state index is 12.1. The van der Waals surface area contributed by atoms with Crippen molar-refractivity contribution in [1.82, 2.24) is 9.80 Å². The predicted octanol–water partition coefficient (Wildman–Crippen LogP) is 1.20. The van der Waals surface area contributed by atoms with E-state index >= 15 is 0 Å². The zero-order valence-electron chi connectivity index (χ0n) is 11.4. The molecular weight excluding hydrogens is 226 g/mol. The predicted molar refractivity (Wildman–Crippen MR) is 73.3 cm³/mol. The zero-order valence-corrected chi connectivity index (χ0v) is 11.4. The Morgan fingerprint density at radius 1 is 1.00 bits per heavy atom. The number of nitrogens with two attached hydrogens (primary N) is 1. The van der Waals surface area contributed by atoms with E-state index in [2.05, 4.69) is 4.90 Å². The minimum atomic E-state index is 0.305. The smallest absolute Gasteiger partial charge is 0.223 e. The van der Waals surface area contributed by atoms with E-state index in [1.54, 1.807) is 0 Å². The molecule has 1 amide bonds. The molecular formula is C14H27N3O. The zero-order chi connectivity index (χ0) is 12.8. The highest BCUT2D eigenvalue weighted by molar-refractivity contribution is 5.76. The Labute approximate surface area is 110 Å². The molecule has 0 spiro atoms. The summed E-state index contributed by atoms with van der Waals surface area (Å²) >= 11 is 0. The van der Waals surface area contributed by atoms with Gasteiger partial charge in [-0.05, 0) is 38.8 Å². The number of amides is 1. The summed E-state index contributed by atoms with van der Waals surface area (Å²) in [5.41, 5.74) is 5.86. The minimum Gasteiger partial charge on any atom is -0.343 e. The molecule has 0 aromatic heterocycles. The van der Waals surface area contributed by atoms with Crippen molar-refractivity contribution in [1.29, 1.82) is 0 Å². The van der Waals surface area contributed by atoms with Gasteiger partial charge in [-0.1, -0.05) is 12.8 Å². The van der Waals surface area contributed by atoms with Crippen LogP contribution < -0.4 is 5.73 Å². The summed E-state index contributed by atoms with van der Waals surface area (Å²) in [6.07, 6.45) is 7.93. The maximum absolute atomic E-state index is 12.1. The van der Waals surface area contributed by atoms with Gasteiger partial charge in [0, 0.05) is 32.1 Å². The van der Waals surface area contributed by atoms with E-state index in [4.69, 9.17) is 5.73 Å². The molecule has 2 aliphatic heterocycles. The van der Waals surface area contributed by atoms with E-state index in [0.717, 1.165) is 32.5 Å². The van der Waals surface area contributed by atoms with Crippen LogP contribution in [0.3, 0.4) is 0 Å². The largest absolute Gasteiger partial charge is 0.343 e. The lowest BCUT2D eigenvalue weighted by Crippen LogP contribution is -2.43. The van der Waals surface area contributed by atoms with Crippen LogP contribution in [0.2, 0.25) is 0 Å². The Morgan fingerprint density at radius 3 is 2.22 bits per heavy atom. The van der Waals surface area contributed by atoms with Crippen molar-refractivity contribution >= 4 is 5.91 Å². The first-order valence-corrected chi connectivity index (χ1v) is 7.51. The molecule has 0 saturated carbocycles. The lowest BCUT2D eigenvalue weighted by molar-refractivity contribution is -0.132. The number of rotatable bonds is 3. The van der Waals surface area contributed by atoms with Crippen LogP contribution in [0.15, 0.2) is 0 Å². The summed E-state index contributed by atoms with van der Waals surface area (Å²) in [6.45, 7) is 5.03. The van der Waals surface area contributed by atoms with Gasteiger partial charge < -0.3 is 15.5 Å². The molecule has 0 aliphatic carbocycles. The Balaban J connectivity index is 1.67. The van der Waals surface area contributed by atoms with Crippen molar-refractivity contribution in [2.24, 2.45) is 5.73 Å². The van der Waals surface area contributed by atoms with Crippen molar-refractivity contribution < 1.29 is 4.79 Å². The number of piperidine rings is 1. The lowest BCUT2D eigenvalue weighted by Gasteiger charge is -2.31. The molecule has 0 atom stereocenters. The van der Waals surface area contributed by atoms with E-state index in [9.17, 15) is 4.79 Å². The third kappa shape index (κ3) is 4.25. The van der Waals surface area contributed by atoms with E-state index in [-0.39, 0.29) is 0 Å². The molecule has 0 radical (unpaired) electrons. The molecule has 2 heterocycles. The van der Waals surface area contributed by atoms with Gasteiger partial charge in [0.05, 0.1) is 0 Å². The summed E-state index contributed by atoms with van der Waals surface area (Å²) in [6, 6.07) is 0.305. The van der Waals surface area contributed by atoms with Crippen molar-refractivity contribution in [2.45, 2.75) is 51.0 Å². The second-order valence-corrected chi connectivity index (χ2v) is 5.72. The average molecular weight is 253 g/mol. The number of hydrogen-bond acceptors (Lipinski definition) is 3. The SMILES string of the molecule is NC1CCN(C(=O)CCN2CCCCCC2)CC1. The van der Waals surface area contributed by atoms with Crippen LogP contribution in [0.25, 0.3) is 0 Å². The molecule has 0 unspecified atom stereocenters. The molecule has 104 valence electrons. The van der Waals surface area contributed by atoms with Gasteiger partial charge in [0.15, 0.2) is 0 Å². The number of hydrogen-bond donors (Lipinski definition) is 1. The second-order valence-electron chi connectivity index (χ2n) is 5.72. The van der Waals surface area contributed by atoms with Gasteiger partial charge in [-0.15, -0.1) is 0 Å². The van der Waals surface area contributed by atoms with Gasteiger partial charge in [-0.2, -0.15) is 0 Å². The van der Waals surface area contributed by atoms with Crippen molar-refractivity contribution in [3.63, 3.8) is 0 Å². The van der Waals surface area contributed by atoms with Gasteiger partial charge in [0.25, 0.3) is 0 Å². The quantitative estimate of drug-likeness (QED) is 0.822. The van der Waals surface area contributed by atoms with Gasteiger partial charge in [0.2, 0.25) is 5.91 Å². The Kier molecular flexibility index (Phi) is 5.45. The fraction of sp³-hybridized carbons (Fsp3) is 0.929. The number of carbonyl (C=O) groups excluding carboxylic acids is 1. The molecule has 4 heteroatoms. The van der Waals surface area contributed by atoms with Crippen LogP contribution in [0, 0.1) is 0 Å². The second kappa shape index (κ2) is 7.10. The molecule has 2 fully saturated rings. The first kappa shape index (κ1) is 13.8. The minimum absolute atomic E-state index is 0.305. The van der Waals surface area contributed by atoms with Crippen molar-refractivity contribution in [3.8, 4) is 0 Å². The van der Waals surface area contributed by atoms with Crippen LogP contribution in [0.5, 0.6) is 0 Å². The Morgan fingerprint density at radius 2 is 1.61 bits per heavy atom. The van der Waals surface area contributed by atoms with Crippen LogP contribution in [-0.4, -0.2) is 54.5 Å². The van der Waals surface area contributed by atoms with Crippen LogP contribution in [-0.2, 0) is 4.79 Å². The third-order valence-electron chi connectivity index (χ3n) is 4.23. The summed E-state index contributed by atoms with van der Waals surface area (Å²) < 4.78 is 0. The fourth-order valence-corrected chi connectivity index (χ4v) is 2.92. The van der Waals surface area contributed by atoms with E-state index in [1.165, 1.54) is 38.8 Å². The average Bonchev–Trinajstić information content (AvgIpc) is 2.65. The van der Waals surface area contributed by atoms with Crippen molar-refractivity contribution in [2.75, 3.05) is 32.7 Å². The van der Waals surface area contributed by atoms with Gasteiger partial charge in [0.1, 0.15) is 0 Å². The molecule has 2 rings (SSSR count). The number of likely N-dealkylation sites (tertiary alicyclic amines) is 2. The number of nitrogens with zero attached hydrogens (tertiary/aromatic N) is 2. The normalized spacial score (nSPS) is 23.9. The van der Waals surface area contributed by atoms with Gasteiger partial charge >= 0.3 is 0 Å². The van der Waals surface area contributed by atoms with Crippen LogP contribution in [0.1, 0.15) is 44.9 Å². The molecule has 0 bridgehead atoms. The molecule has 0 aromatic carbocycles. The number of carbonyl (C=O) groups is 1. The summed E-state index contributed by atoms with van der Waals surface area (Å²) in [5.74, 6) is 0.325.